The zero-order valence-electron chi connectivity index (χ0n) is 17.0. The summed E-state index contributed by atoms with van der Waals surface area (Å²) in [7, 11) is 0. The molecule has 2 saturated carbocycles. The van der Waals surface area contributed by atoms with Crippen molar-refractivity contribution in [2.45, 2.75) is 56.9 Å². The molecular formula is C25H25NO3. The predicted octanol–water partition coefficient (Wildman–Crippen LogP) is 5.35. The molecule has 4 heterocycles. The Bertz CT molecular complexity index is 1190. The third kappa shape index (κ3) is 1.44. The number of benzene rings is 2. The maximum atomic E-state index is 6.56. The highest BCUT2D eigenvalue weighted by atomic mass is 16.7. The summed E-state index contributed by atoms with van der Waals surface area (Å²) in [5, 5.41) is 6.65. The van der Waals surface area contributed by atoms with E-state index in [1.165, 1.54) is 59.0 Å². The number of hydrogen-bond acceptors (Lipinski definition) is 4. The van der Waals surface area contributed by atoms with Crippen LogP contribution in [-0.2, 0) is 10.2 Å². The molecule has 2 fully saturated rings. The van der Waals surface area contributed by atoms with Gasteiger partial charge in [-0.2, -0.15) is 0 Å². The minimum absolute atomic E-state index is 0.0461. The van der Waals surface area contributed by atoms with Crippen molar-refractivity contribution in [3.63, 3.8) is 0 Å². The number of fused-ring (bicyclic) bond motifs is 5. The summed E-state index contributed by atoms with van der Waals surface area (Å²) in [6.45, 7) is 6.09. The van der Waals surface area contributed by atoms with Gasteiger partial charge in [0.15, 0.2) is 11.5 Å². The lowest BCUT2D eigenvalue weighted by atomic mass is 9.69. The molecule has 3 unspecified atom stereocenters. The molecule has 2 bridgehead atoms. The van der Waals surface area contributed by atoms with E-state index < -0.39 is 0 Å². The SMILES string of the molecule is CC1C2=C(OCC23CCCC3)c2ccc3cc4c(c5c3c2NC12CC52C)OCO4. The molecule has 4 heteroatoms. The van der Waals surface area contributed by atoms with Crippen molar-refractivity contribution in [3.05, 3.63) is 34.9 Å². The second kappa shape index (κ2) is 4.38. The van der Waals surface area contributed by atoms with E-state index in [9.17, 15) is 0 Å². The first kappa shape index (κ1) is 15.5. The molecule has 0 saturated heterocycles. The highest BCUT2D eigenvalue weighted by Gasteiger charge is 2.74. The molecule has 3 atom stereocenters. The van der Waals surface area contributed by atoms with Crippen molar-refractivity contribution in [1.82, 2.24) is 0 Å². The van der Waals surface area contributed by atoms with Crippen LogP contribution in [0.4, 0.5) is 5.69 Å². The average molecular weight is 387 g/mol. The Kier molecular flexibility index (Phi) is 2.34. The number of nitrogens with one attached hydrogen (secondary N) is 1. The number of rotatable bonds is 0. The van der Waals surface area contributed by atoms with Gasteiger partial charge < -0.3 is 19.5 Å². The van der Waals surface area contributed by atoms with Crippen molar-refractivity contribution < 1.29 is 14.2 Å². The molecule has 2 aliphatic carbocycles. The van der Waals surface area contributed by atoms with Gasteiger partial charge in [0.25, 0.3) is 0 Å². The van der Waals surface area contributed by atoms with Gasteiger partial charge in [0.1, 0.15) is 5.76 Å². The summed E-state index contributed by atoms with van der Waals surface area (Å²) in [5.74, 6) is 3.51. The van der Waals surface area contributed by atoms with Crippen molar-refractivity contribution in [2.24, 2.45) is 11.3 Å². The molecule has 0 amide bonds. The Morgan fingerprint density at radius 2 is 1.97 bits per heavy atom. The summed E-state index contributed by atoms with van der Waals surface area (Å²) in [4.78, 5) is 0. The van der Waals surface area contributed by atoms with E-state index in [0.29, 0.717) is 12.7 Å². The van der Waals surface area contributed by atoms with Gasteiger partial charge in [0.2, 0.25) is 6.79 Å². The molecule has 1 N–H and O–H groups in total. The largest absolute Gasteiger partial charge is 0.492 e. The maximum Gasteiger partial charge on any atom is 0.231 e. The molecule has 6 aliphatic rings. The fourth-order valence-corrected chi connectivity index (χ4v) is 7.87. The Morgan fingerprint density at radius 1 is 1.10 bits per heavy atom. The summed E-state index contributed by atoms with van der Waals surface area (Å²) in [6.07, 6.45) is 6.35. The van der Waals surface area contributed by atoms with E-state index in [-0.39, 0.29) is 16.4 Å². The van der Waals surface area contributed by atoms with Crippen molar-refractivity contribution in [1.29, 1.82) is 0 Å². The highest BCUT2D eigenvalue weighted by molar-refractivity contribution is 6.08. The molecule has 29 heavy (non-hydrogen) atoms. The first-order valence-electron chi connectivity index (χ1n) is 11.1. The quantitative estimate of drug-likeness (QED) is 0.662. The normalized spacial score (nSPS) is 36.1. The van der Waals surface area contributed by atoms with E-state index in [4.69, 9.17) is 14.2 Å². The lowest BCUT2D eigenvalue weighted by molar-refractivity contribution is 0.172. The van der Waals surface area contributed by atoms with Gasteiger partial charge in [-0.15, -0.1) is 0 Å². The fourth-order valence-electron chi connectivity index (χ4n) is 7.87. The van der Waals surface area contributed by atoms with Crippen LogP contribution >= 0.6 is 0 Å². The number of ether oxygens (including phenoxy) is 3. The number of anilines is 1. The minimum atomic E-state index is 0.0461. The molecule has 4 nitrogen and oxygen atoms in total. The molecular weight excluding hydrogens is 362 g/mol. The van der Waals surface area contributed by atoms with Crippen LogP contribution in [0.15, 0.2) is 23.8 Å². The van der Waals surface area contributed by atoms with Crippen LogP contribution in [0.25, 0.3) is 16.5 Å². The van der Waals surface area contributed by atoms with Crippen molar-refractivity contribution in [2.75, 3.05) is 18.7 Å². The van der Waals surface area contributed by atoms with E-state index in [2.05, 4.69) is 37.4 Å². The molecule has 0 aromatic heterocycles. The van der Waals surface area contributed by atoms with Crippen LogP contribution in [0.3, 0.4) is 0 Å². The van der Waals surface area contributed by atoms with Crippen LogP contribution < -0.4 is 14.8 Å². The van der Waals surface area contributed by atoms with Crippen LogP contribution in [0, 0.1) is 11.3 Å². The van der Waals surface area contributed by atoms with E-state index in [1.54, 1.807) is 5.57 Å². The third-order valence-electron chi connectivity index (χ3n) is 9.32. The van der Waals surface area contributed by atoms with Crippen LogP contribution in [0.1, 0.15) is 57.1 Å². The Labute approximate surface area is 170 Å². The van der Waals surface area contributed by atoms with Gasteiger partial charge >= 0.3 is 0 Å². The van der Waals surface area contributed by atoms with Crippen LogP contribution in [0.5, 0.6) is 11.5 Å². The Morgan fingerprint density at radius 3 is 2.83 bits per heavy atom. The van der Waals surface area contributed by atoms with Gasteiger partial charge in [-0.3, -0.25) is 0 Å². The standard InChI is InChI=1S/C25H25NO3/c1-13-18-21(27-11-24(18)7-3-4-8-24)15-6-5-14-9-16-22(29-12-28-16)19-17(14)20(15)26-25(13)10-23(19,25)2/h5-6,9,13,26H,3-4,7-8,10-12H2,1-2H3. The summed E-state index contributed by atoms with van der Waals surface area (Å²) in [6, 6.07) is 6.68. The second-order valence-corrected chi connectivity index (χ2v) is 10.4. The second-order valence-electron chi connectivity index (χ2n) is 10.4. The number of hydrogen-bond donors (Lipinski definition) is 1. The summed E-state index contributed by atoms with van der Waals surface area (Å²) < 4.78 is 18.5. The van der Waals surface area contributed by atoms with Gasteiger partial charge in [-0.1, -0.05) is 32.8 Å². The van der Waals surface area contributed by atoms with Crippen molar-refractivity contribution in [3.8, 4) is 11.5 Å². The predicted molar refractivity (Wildman–Crippen MR) is 111 cm³/mol. The third-order valence-corrected chi connectivity index (χ3v) is 9.32. The van der Waals surface area contributed by atoms with E-state index in [1.807, 2.05) is 0 Å². The van der Waals surface area contributed by atoms with E-state index >= 15 is 0 Å². The smallest absolute Gasteiger partial charge is 0.231 e. The zero-order valence-corrected chi connectivity index (χ0v) is 17.0. The molecule has 0 radical (unpaired) electrons. The van der Waals surface area contributed by atoms with Crippen molar-refractivity contribution >= 4 is 22.2 Å². The average Bonchev–Trinajstić information content (AvgIpc) is 3.16. The summed E-state index contributed by atoms with van der Waals surface area (Å²) >= 11 is 0. The van der Waals surface area contributed by atoms with Gasteiger partial charge in [-0.05, 0) is 42.4 Å². The summed E-state index contributed by atoms with van der Waals surface area (Å²) in [5.41, 5.74) is 5.84. The molecule has 2 aromatic rings. The molecule has 8 rings (SSSR count). The fraction of sp³-hybridized carbons (Fsp3) is 0.520. The lowest BCUT2D eigenvalue weighted by Gasteiger charge is -2.39. The van der Waals surface area contributed by atoms with Gasteiger partial charge in [0.05, 0.1) is 17.8 Å². The topological polar surface area (TPSA) is 39.7 Å². The van der Waals surface area contributed by atoms with Gasteiger partial charge in [0, 0.05) is 33.3 Å². The Balaban J connectivity index is 1.52. The molecule has 4 aliphatic heterocycles. The lowest BCUT2D eigenvalue weighted by Crippen LogP contribution is -2.42. The Hall–Kier alpha value is -2.36. The first-order chi connectivity index (χ1) is 14.1. The van der Waals surface area contributed by atoms with Crippen LogP contribution in [0.2, 0.25) is 0 Å². The monoisotopic (exact) mass is 387 g/mol. The van der Waals surface area contributed by atoms with Crippen LogP contribution in [-0.4, -0.2) is 18.9 Å². The van der Waals surface area contributed by atoms with E-state index in [0.717, 1.165) is 24.5 Å². The highest BCUT2D eigenvalue weighted by Crippen LogP contribution is 2.74. The molecule has 2 aromatic carbocycles. The molecule has 2 spiro atoms. The first-order valence-corrected chi connectivity index (χ1v) is 11.1. The minimum Gasteiger partial charge on any atom is -0.492 e. The maximum absolute atomic E-state index is 6.56. The zero-order chi connectivity index (χ0) is 19.2. The molecule has 148 valence electrons. The van der Waals surface area contributed by atoms with Gasteiger partial charge in [-0.25, -0.2) is 0 Å².